The number of hydrogen-bond acceptors (Lipinski definition) is 4. The summed E-state index contributed by atoms with van der Waals surface area (Å²) in [6.07, 6.45) is 7.44. The second-order valence-electron chi connectivity index (χ2n) is 6.86. The fourth-order valence-corrected chi connectivity index (χ4v) is 2.81. The molecule has 1 aliphatic heterocycles. The van der Waals surface area contributed by atoms with Crippen LogP contribution in [0.2, 0.25) is 0 Å². The van der Waals surface area contributed by atoms with E-state index in [1.165, 1.54) is 32.1 Å². The fraction of sp³-hybridized carbons (Fsp3) is 0.632. The van der Waals surface area contributed by atoms with Gasteiger partial charge in [-0.15, -0.1) is 0 Å². The van der Waals surface area contributed by atoms with Crippen molar-refractivity contribution in [1.82, 2.24) is 5.43 Å². The normalized spacial score (nSPS) is 20.3. The van der Waals surface area contributed by atoms with Crippen molar-refractivity contribution in [2.75, 3.05) is 24.8 Å². The Bertz CT molecular complexity index is 535. The van der Waals surface area contributed by atoms with E-state index in [1.54, 1.807) is 11.9 Å². The number of aliphatic hydroxyl groups excluding tert-OH is 1. The lowest BCUT2D eigenvalue weighted by molar-refractivity contribution is -0.128. The number of carbonyl (C=O) groups is 1. The van der Waals surface area contributed by atoms with Crippen LogP contribution in [0.1, 0.15) is 52.4 Å². The molecule has 5 nitrogen and oxygen atoms in total. The zero-order chi connectivity index (χ0) is 17.4. The van der Waals surface area contributed by atoms with Gasteiger partial charge in [-0.3, -0.25) is 15.2 Å². The summed E-state index contributed by atoms with van der Waals surface area (Å²) in [6.45, 7) is 4.99. The Kier molecular flexibility index (Phi) is 6.91. The van der Waals surface area contributed by atoms with Crippen molar-refractivity contribution in [1.29, 1.82) is 0 Å². The van der Waals surface area contributed by atoms with Crippen LogP contribution in [0.4, 0.5) is 5.69 Å². The molecule has 0 bridgehead atoms. The maximum Gasteiger partial charge on any atom is 0.248 e. The number of aliphatic hydroxyl groups is 1. The van der Waals surface area contributed by atoms with E-state index in [2.05, 4.69) is 12.3 Å². The van der Waals surface area contributed by atoms with Gasteiger partial charge in [0.15, 0.2) is 0 Å². The molecule has 2 N–H and O–H groups in total. The molecular weight excluding hydrogens is 304 g/mol. The van der Waals surface area contributed by atoms with Gasteiger partial charge >= 0.3 is 0 Å². The van der Waals surface area contributed by atoms with E-state index in [0.717, 1.165) is 24.5 Å². The van der Waals surface area contributed by atoms with Crippen LogP contribution in [0.5, 0.6) is 5.75 Å². The lowest BCUT2D eigenvalue weighted by Crippen LogP contribution is -2.34. The van der Waals surface area contributed by atoms with E-state index >= 15 is 0 Å². The van der Waals surface area contributed by atoms with Crippen molar-refractivity contribution in [2.24, 2.45) is 5.41 Å². The van der Waals surface area contributed by atoms with Crippen LogP contribution in [0.25, 0.3) is 0 Å². The highest BCUT2D eigenvalue weighted by atomic mass is 16.5. The molecule has 0 saturated carbocycles. The average molecular weight is 334 g/mol. The molecule has 134 valence electrons. The lowest BCUT2D eigenvalue weighted by Gasteiger charge is -2.20. The molecule has 1 atom stereocenters. The molecule has 1 fully saturated rings. The van der Waals surface area contributed by atoms with E-state index < -0.39 is 5.41 Å². The number of amides is 1. The zero-order valence-electron chi connectivity index (χ0n) is 14.9. The number of unbranched alkanes of at least 4 members (excludes halogenated alkanes) is 5. The largest absolute Gasteiger partial charge is 0.494 e. The minimum atomic E-state index is -0.755. The lowest BCUT2D eigenvalue weighted by atomic mass is 9.92. The fourth-order valence-electron chi connectivity index (χ4n) is 2.81. The molecular formula is C19H30N2O3. The van der Waals surface area contributed by atoms with Gasteiger partial charge in [-0.05, 0) is 25.5 Å². The molecule has 1 unspecified atom stereocenters. The number of anilines is 1. The zero-order valence-corrected chi connectivity index (χ0v) is 14.9. The molecule has 1 aromatic carbocycles. The van der Waals surface area contributed by atoms with Gasteiger partial charge in [0.05, 0.1) is 30.9 Å². The van der Waals surface area contributed by atoms with Crippen LogP contribution in [-0.2, 0) is 4.79 Å². The Morgan fingerprint density at radius 1 is 1.25 bits per heavy atom. The van der Waals surface area contributed by atoms with Crippen LogP contribution >= 0.6 is 0 Å². The Morgan fingerprint density at radius 2 is 2.00 bits per heavy atom. The maximum atomic E-state index is 12.0. The third-order valence-corrected chi connectivity index (χ3v) is 4.54. The number of ether oxygens (including phenoxy) is 1. The first-order valence-electron chi connectivity index (χ1n) is 9.01. The van der Waals surface area contributed by atoms with Crippen molar-refractivity contribution in [3.05, 3.63) is 24.3 Å². The molecule has 0 aromatic heterocycles. The SMILES string of the molecule is CCCCCCCCOc1cccc(N2CC(C)(CO)C(=O)N2)c1. The van der Waals surface area contributed by atoms with Gasteiger partial charge in [-0.25, -0.2) is 0 Å². The molecule has 2 rings (SSSR count). The van der Waals surface area contributed by atoms with Crippen molar-refractivity contribution in [3.63, 3.8) is 0 Å². The second kappa shape index (κ2) is 8.92. The first-order valence-corrected chi connectivity index (χ1v) is 9.01. The summed E-state index contributed by atoms with van der Waals surface area (Å²) in [4.78, 5) is 12.0. The van der Waals surface area contributed by atoms with Crippen molar-refractivity contribution >= 4 is 11.6 Å². The van der Waals surface area contributed by atoms with Gasteiger partial charge in [0.25, 0.3) is 0 Å². The molecule has 0 spiro atoms. The van der Waals surface area contributed by atoms with E-state index in [4.69, 9.17) is 4.74 Å². The first-order chi connectivity index (χ1) is 11.6. The van der Waals surface area contributed by atoms with Gasteiger partial charge in [0.1, 0.15) is 5.75 Å². The number of carbonyl (C=O) groups excluding carboxylic acids is 1. The van der Waals surface area contributed by atoms with Crippen molar-refractivity contribution in [2.45, 2.75) is 52.4 Å². The van der Waals surface area contributed by atoms with E-state index in [0.29, 0.717) is 6.54 Å². The van der Waals surface area contributed by atoms with Gasteiger partial charge in [0.2, 0.25) is 5.91 Å². The Labute approximate surface area is 145 Å². The van der Waals surface area contributed by atoms with E-state index in [1.807, 2.05) is 24.3 Å². The van der Waals surface area contributed by atoms with Gasteiger partial charge in [0, 0.05) is 6.07 Å². The van der Waals surface area contributed by atoms with Crippen LogP contribution in [0.3, 0.4) is 0 Å². The van der Waals surface area contributed by atoms with Crippen LogP contribution in [0, 0.1) is 5.41 Å². The topological polar surface area (TPSA) is 61.8 Å². The Balaban J connectivity index is 1.81. The molecule has 0 aliphatic carbocycles. The second-order valence-corrected chi connectivity index (χ2v) is 6.86. The molecule has 0 radical (unpaired) electrons. The Morgan fingerprint density at radius 3 is 2.71 bits per heavy atom. The number of benzene rings is 1. The molecule has 1 aliphatic rings. The summed E-state index contributed by atoms with van der Waals surface area (Å²) < 4.78 is 5.83. The van der Waals surface area contributed by atoms with Crippen molar-refractivity contribution < 1.29 is 14.6 Å². The molecule has 1 aromatic rings. The van der Waals surface area contributed by atoms with Crippen LogP contribution < -0.4 is 15.2 Å². The molecule has 1 amide bonds. The average Bonchev–Trinajstić information content (AvgIpc) is 2.90. The summed E-state index contributed by atoms with van der Waals surface area (Å²) in [7, 11) is 0. The minimum Gasteiger partial charge on any atom is -0.494 e. The summed E-state index contributed by atoms with van der Waals surface area (Å²) in [5, 5.41) is 11.2. The molecule has 24 heavy (non-hydrogen) atoms. The maximum absolute atomic E-state index is 12.0. The number of nitrogens with one attached hydrogen (secondary N) is 1. The highest BCUT2D eigenvalue weighted by Gasteiger charge is 2.41. The van der Waals surface area contributed by atoms with E-state index in [-0.39, 0.29) is 12.5 Å². The smallest absolute Gasteiger partial charge is 0.248 e. The minimum absolute atomic E-state index is 0.150. The highest BCUT2D eigenvalue weighted by molar-refractivity contribution is 5.87. The predicted octanol–water partition coefficient (Wildman–Crippen LogP) is 3.28. The van der Waals surface area contributed by atoms with Gasteiger partial charge in [-0.1, -0.05) is 45.1 Å². The third-order valence-electron chi connectivity index (χ3n) is 4.54. The van der Waals surface area contributed by atoms with Crippen molar-refractivity contribution in [3.8, 4) is 5.75 Å². The molecule has 1 heterocycles. The van der Waals surface area contributed by atoms with Crippen LogP contribution in [-0.4, -0.2) is 30.8 Å². The summed E-state index contributed by atoms with van der Waals surface area (Å²) in [6, 6.07) is 7.72. The third kappa shape index (κ3) is 4.87. The quantitative estimate of drug-likeness (QED) is 0.645. The summed E-state index contributed by atoms with van der Waals surface area (Å²) >= 11 is 0. The molecule has 1 saturated heterocycles. The standard InChI is InChI=1S/C19H30N2O3/c1-3-4-5-6-7-8-12-24-17-11-9-10-16(13-17)21-14-19(2,15-22)18(23)20-21/h9-11,13,22H,3-8,12,14-15H2,1-2H3,(H,20,23). The monoisotopic (exact) mass is 334 g/mol. The molecule has 5 heteroatoms. The number of hydrogen-bond donors (Lipinski definition) is 2. The number of nitrogens with zero attached hydrogens (tertiary/aromatic N) is 1. The number of hydrazine groups is 1. The summed E-state index contributed by atoms with van der Waals surface area (Å²) in [5.74, 6) is 0.663. The van der Waals surface area contributed by atoms with Crippen LogP contribution in [0.15, 0.2) is 24.3 Å². The van der Waals surface area contributed by atoms with Gasteiger partial charge < -0.3 is 9.84 Å². The van der Waals surface area contributed by atoms with Gasteiger partial charge in [-0.2, -0.15) is 0 Å². The highest BCUT2D eigenvalue weighted by Crippen LogP contribution is 2.29. The first kappa shape index (κ1) is 18.6. The predicted molar refractivity (Wildman–Crippen MR) is 96.0 cm³/mol. The Hall–Kier alpha value is -1.75. The van der Waals surface area contributed by atoms with E-state index in [9.17, 15) is 9.90 Å². The summed E-state index contributed by atoms with van der Waals surface area (Å²) in [5.41, 5.74) is 2.93. The number of rotatable bonds is 10.